The zero-order valence-corrected chi connectivity index (χ0v) is 20.1. The molecule has 0 aromatic heterocycles. The third-order valence-corrected chi connectivity index (χ3v) is 7.15. The van der Waals surface area contributed by atoms with E-state index < -0.39 is 23.3 Å². The SMILES string of the molecule is CC=CCCC1CCC(c2ccc(-c3ccc(-c4ccc(OC)c(F)c4F)cc3)c(F)c2F)CC1. The van der Waals surface area contributed by atoms with Crippen LogP contribution in [0.4, 0.5) is 17.6 Å². The quantitative estimate of drug-likeness (QED) is 0.241. The van der Waals surface area contributed by atoms with Crippen LogP contribution in [0.25, 0.3) is 22.3 Å². The summed E-state index contributed by atoms with van der Waals surface area (Å²) < 4.78 is 63.5. The van der Waals surface area contributed by atoms with Crippen molar-refractivity contribution in [2.75, 3.05) is 7.11 Å². The first-order valence-electron chi connectivity index (χ1n) is 12.2. The second kappa shape index (κ2) is 11.1. The highest BCUT2D eigenvalue weighted by molar-refractivity contribution is 5.71. The van der Waals surface area contributed by atoms with Crippen molar-refractivity contribution < 1.29 is 22.3 Å². The Morgan fingerprint density at radius 2 is 1.31 bits per heavy atom. The molecule has 0 unspecified atom stereocenters. The van der Waals surface area contributed by atoms with E-state index in [2.05, 4.69) is 12.2 Å². The van der Waals surface area contributed by atoms with Gasteiger partial charge in [0.1, 0.15) is 0 Å². The number of hydrogen-bond donors (Lipinski definition) is 0. The minimum atomic E-state index is -1.07. The summed E-state index contributed by atoms with van der Waals surface area (Å²) in [7, 11) is 1.27. The van der Waals surface area contributed by atoms with Gasteiger partial charge < -0.3 is 4.74 Å². The number of allylic oxidation sites excluding steroid dienone is 2. The number of rotatable bonds is 7. The highest BCUT2D eigenvalue weighted by Gasteiger charge is 2.26. The second-order valence-electron chi connectivity index (χ2n) is 9.22. The molecule has 0 amide bonds. The van der Waals surface area contributed by atoms with Gasteiger partial charge in [-0.1, -0.05) is 48.6 Å². The van der Waals surface area contributed by atoms with Crippen LogP contribution < -0.4 is 4.74 Å². The zero-order chi connectivity index (χ0) is 24.9. The topological polar surface area (TPSA) is 9.23 Å². The molecule has 1 nitrogen and oxygen atoms in total. The van der Waals surface area contributed by atoms with Gasteiger partial charge in [0.25, 0.3) is 0 Å². The molecule has 0 atom stereocenters. The van der Waals surface area contributed by atoms with Crippen LogP contribution in [0.1, 0.15) is 56.9 Å². The summed E-state index contributed by atoms with van der Waals surface area (Å²) in [6.07, 6.45) is 10.3. The second-order valence-corrected chi connectivity index (χ2v) is 9.22. The Balaban J connectivity index is 1.51. The Hall–Kier alpha value is -3.08. The molecule has 1 saturated carbocycles. The van der Waals surface area contributed by atoms with Crippen molar-refractivity contribution in [1.29, 1.82) is 0 Å². The highest BCUT2D eigenvalue weighted by Crippen LogP contribution is 2.40. The lowest BCUT2D eigenvalue weighted by Gasteiger charge is -2.29. The van der Waals surface area contributed by atoms with E-state index in [4.69, 9.17) is 4.74 Å². The monoisotopic (exact) mass is 482 g/mol. The van der Waals surface area contributed by atoms with Crippen molar-refractivity contribution in [2.24, 2.45) is 5.92 Å². The van der Waals surface area contributed by atoms with Crippen molar-refractivity contribution in [3.05, 3.63) is 89.5 Å². The molecule has 0 heterocycles. The van der Waals surface area contributed by atoms with Crippen LogP contribution in [0.5, 0.6) is 5.75 Å². The fourth-order valence-corrected chi connectivity index (χ4v) is 5.11. The Morgan fingerprint density at radius 3 is 1.89 bits per heavy atom. The fraction of sp³-hybridized carbons (Fsp3) is 0.333. The average Bonchev–Trinajstić information content (AvgIpc) is 2.88. The predicted molar refractivity (Wildman–Crippen MR) is 132 cm³/mol. The number of benzene rings is 3. The third kappa shape index (κ3) is 5.29. The van der Waals surface area contributed by atoms with E-state index in [9.17, 15) is 8.78 Å². The van der Waals surface area contributed by atoms with E-state index in [1.54, 1.807) is 36.4 Å². The molecule has 0 aliphatic heterocycles. The lowest BCUT2D eigenvalue weighted by atomic mass is 9.77. The molecule has 5 heteroatoms. The van der Waals surface area contributed by atoms with Gasteiger partial charge in [0.2, 0.25) is 5.82 Å². The first-order chi connectivity index (χ1) is 16.9. The van der Waals surface area contributed by atoms with Gasteiger partial charge in [-0.25, -0.2) is 13.2 Å². The van der Waals surface area contributed by atoms with Gasteiger partial charge in [0.05, 0.1) is 7.11 Å². The van der Waals surface area contributed by atoms with Crippen LogP contribution in [0.2, 0.25) is 0 Å². The van der Waals surface area contributed by atoms with Crippen LogP contribution in [0.3, 0.4) is 0 Å². The minimum Gasteiger partial charge on any atom is -0.494 e. The number of methoxy groups -OCH3 is 1. The van der Waals surface area contributed by atoms with Gasteiger partial charge in [-0.2, -0.15) is 4.39 Å². The predicted octanol–water partition coefficient (Wildman–Crippen LogP) is 9.22. The molecule has 35 heavy (non-hydrogen) atoms. The molecule has 3 aromatic rings. The molecule has 0 saturated heterocycles. The van der Waals surface area contributed by atoms with Gasteiger partial charge in [0.15, 0.2) is 23.2 Å². The first-order valence-corrected chi connectivity index (χ1v) is 12.2. The van der Waals surface area contributed by atoms with Gasteiger partial charge in [-0.3, -0.25) is 0 Å². The zero-order valence-electron chi connectivity index (χ0n) is 20.1. The number of ether oxygens (including phenoxy) is 1. The summed E-state index contributed by atoms with van der Waals surface area (Å²) in [5.74, 6) is -3.23. The first kappa shape index (κ1) is 25.0. The van der Waals surface area contributed by atoms with Crippen molar-refractivity contribution in [3.63, 3.8) is 0 Å². The number of halogens is 4. The summed E-state index contributed by atoms with van der Waals surface area (Å²) in [5.41, 5.74) is 1.57. The normalized spacial score (nSPS) is 18.2. The lowest BCUT2D eigenvalue weighted by molar-refractivity contribution is 0.306. The number of hydrogen-bond acceptors (Lipinski definition) is 1. The van der Waals surface area contributed by atoms with Gasteiger partial charge in [0, 0.05) is 11.1 Å². The molecule has 0 spiro atoms. The molecule has 4 rings (SSSR count). The average molecular weight is 483 g/mol. The summed E-state index contributed by atoms with van der Waals surface area (Å²) in [4.78, 5) is 0. The van der Waals surface area contributed by atoms with Crippen LogP contribution in [0.15, 0.2) is 60.7 Å². The van der Waals surface area contributed by atoms with E-state index in [1.807, 2.05) is 6.92 Å². The van der Waals surface area contributed by atoms with Gasteiger partial charge in [-0.15, -0.1) is 0 Å². The summed E-state index contributed by atoms with van der Waals surface area (Å²) >= 11 is 0. The van der Waals surface area contributed by atoms with Gasteiger partial charge in [-0.05, 0) is 86.1 Å². The van der Waals surface area contributed by atoms with Crippen molar-refractivity contribution in [3.8, 4) is 28.0 Å². The maximum Gasteiger partial charge on any atom is 0.201 e. The molecule has 184 valence electrons. The van der Waals surface area contributed by atoms with Crippen LogP contribution in [-0.2, 0) is 0 Å². The van der Waals surface area contributed by atoms with E-state index >= 15 is 8.78 Å². The Labute approximate surface area is 204 Å². The molecular formula is C30H30F4O. The Bertz CT molecular complexity index is 1190. The maximum absolute atomic E-state index is 15.1. The minimum absolute atomic E-state index is 0.0341. The van der Waals surface area contributed by atoms with E-state index in [-0.39, 0.29) is 22.8 Å². The Kier molecular flexibility index (Phi) is 7.94. The molecule has 0 radical (unpaired) electrons. The van der Waals surface area contributed by atoms with Crippen molar-refractivity contribution in [2.45, 2.75) is 51.4 Å². The highest BCUT2D eigenvalue weighted by atomic mass is 19.2. The van der Waals surface area contributed by atoms with Gasteiger partial charge >= 0.3 is 0 Å². The fourth-order valence-electron chi connectivity index (χ4n) is 5.11. The largest absolute Gasteiger partial charge is 0.494 e. The molecular weight excluding hydrogens is 452 g/mol. The van der Waals surface area contributed by atoms with E-state index in [1.165, 1.54) is 19.2 Å². The summed E-state index contributed by atoms with van der Waals surface area (Å²) in [6, 6.07) is 12.4. The molecule has 1 aliphatic carbocycles. The molecule has 3 aromatic carbocycles. The smallest absolute Gasteiger partial charge is 0.201 e. The van der Waals surface area contributed by atoms with Crippen LogP contribution >= 0.6 is 0 Å². The van der Waals surface area contributed by atoms with Crippen molar-refractivity contribution >= 4 is 0 Å². The van der Waals surface area contributed by atoms with Crippen LogP contribution in [-0.4, -0.2) is 7.11 Å². The van der Waals surface area contributed by atoms with Crippen molar-refractivity contribution in [1.82, 2.24) is 0 Å². The molecule has 1 fully saturated rings. The van der Waals surface area contributed by atoms with E-state index in [0.29, 0.717) is 22.6 Å². The lowest BCUT2D eigenvalue weighted by Crippen LogP contribution is -2.15. The Morgan fingerprint density at radius 1 is 0.743 bits per heavy atom. The third-order valence-electron chi connectivity index (χ3n) is 7.15. The standard InChI is InChI=1S/C30H30F4O/c1-3-4-5-6-19-7-9-20(10-8-19)23-15-16-24(28(32)27(23)31)21-11-13-22(14-12-21)25-17-18-26(35-2)30(34)29(25)33/h3-4,11-20H,5-10H2,1-2H3. The molecule has 0 bridgehead atoms. The van der Waals surface area contributed by atoms with Crippen LogP contribution in [0, 0.1) is 29.2 Å². The van der Waals surface area contributed by atoms with E-state index in [0.717, 1.165) is 38.5 Å². The summed E-state index contributed by atoms with van der Waals surface area (Å²) in [6.45, 7) is 2.02. The molecule has 0 N–H and O–H groups in total. The molecule has 1 aliphatic rings. The summed E-state index contributed by atoms with van der Waals surface area (Å²) in [5, 5.41) is 0. The maximum atomic E-state index is 15.1.